The van der Waals surface area contributed by atoms with Gasteiger partial charge in [-0.2, -0.15) is 0 Å². The standard InChI is InChI=1S/C21H19N3O4S2/c1-24(14-20-23-18-6-2-3-7-19(18)29-20)21(25)15-8-10-17(11-9-15)30(26,27)22-13-16-5-4-12-28-16/h2-12,22H,13-14H2,1H3. The van der Waals surface area contributed by atoms with Gasteiger partial charge in [-0.3, -0.25) is 4.79 Å². The van der Waals surface area contributed by atoms with Crippen molar-refractivity contribution in [3.63, 3.8) is 0 Å². The predicted molar refractivity (Wildman–Crippen MR) is 115 cm³/mol. The predicted octanol–water partition coefficient (Wildman–Crippen LogP) is 3.64. The molecule has 0 radical (unpaired) electrons. The first kappa shape index (κ1) is 20.3. The Labute approximate surface area is 178 Å². The Morgan fingerprint density at radius 3 is 2.57 bits per heavy atom. The number of sulfonamides is 1. The molecule has 9 heteroatoms. The minimum absolute atomic E-state index is 0.0565. The Bertz CT molecular complexity index is 1230. The summed E-state index contributed by atoms with van der Waals surface area (Å²) in [5, 5.41) is 0.841. The van der Waals surface area contributed by atoms with Gasteiger partial charge in [0.1, 0.15) is 10.8 Å². The normalized spacial score (nSPS) is 11.6. The van der Waals surface area contributed by atoms with Crippen molar-refractivity contribution in [2.75, 3.05) is 7.05 Å². The highest BCUT2D eigenvalue weighted by Crippen LogP contribution is 2.23. The summed E-state index contributed by atoms with van der Waals surface area (Å²) >= 11 is 1.55. The number of thiazole rings is 1. The van der Waals surface area contributed by atoms with Crippen molar-refractivity contribution in [1.29, 1.82) is 0 Å². The summed E-state index contributed by atoms with van der Waals surface area (Å²) in [5.74, 6) is 0.309. The minimum Gasteiger partial charge on any atom is -0.468 e. The second-order valence-electron chi connectivity index (χ2n) is 6.66. The van der Waals surface area contributed by atoms with E-state index >= 15 is 0 Å². The molecule has 154 valence electrons. The van der Waals surface area contributed by atoms with Crippen LogP contribution in [0.4, 0.5) is 0 Å². The molecule has 1 N–H and O–H groups in total. The van der Waals surface area contributed by atoms with E-state index in [0.717, 1.165) is 15.2 Å². The fraction of sp³-hybridized carbons (Fsp3) is 0.143. The first-order valence-electron chi connectivity index (χ1n) is 9.14. The van der Waals surface area contributed by atoms with E-state index < -0.39 is 10.0 Å². The van der Waals surface area contributed by atoms with Gasteiger partial charge in [0.05, 0.1) is 34.5 Å². The summed E-state index contributed by atoms with van der Waals surface area (Å²) in [5.41, 5.74) is 1.32. The van der Waals surface area contributed by atoms with Crippen LogP contribution >= 0.6 is 11.3 Å². The maximum atomic E-state index is 12.7. The van der Waals surface area contributed by atoms with Crippen molar-refractivity contribution in [1.82, 2.24) is 14.6 Å². The second-order valence-corrected chi connectivity index (χ2v) is 9.55. The third-order valence-corrected chi connectivity index (χ3v) is 6.92. The molecule has 4 rings (SSSR count). The number of hydrogen-bond acceptors (Lipinski definition) is 6. The molecule has 1 amide bonds. The molecular weight excluding hydrogens is 422 g/mol. The van der Waals surface area contributed by atoms with E-state index in [0.29, 0.717) is 17.9 Å². The van der Waals surface area contributed by atoms with E-state index in [1.165, 1.54) is 30.5 Å². The van der Waals surface area contributed by atoms with Crippen molar-refractivity contribution in [2.45, 2.75) is 18.0 Å². The molecule has 2 aromatic heterocycles. The van der Waals surface area contributed by atoms with E-state index in [-0.39, 0.29) is 17.3 Å². The molecule has 0 unspecified atom stereocenters. The molecule has 2 heterocycles. The number of hydrogen-bond donors (Lipinski definition) is 1. The van der Waals surface area contributed by atoms with Crippen LogP contribution in [0.3, 0.4) is 0 Å². The summed E-state index contributed by atoms with van der Waals surface area (Å²) in [7, 11) is -2.01. The van der Waals surface area contributed by atoms with Crippen LogP contribution in [0.5, 0.6) is 0 Å². The van der Waals surface area contributed by atoms with Crippen LogP contribution in [0.15, 0.2) is 76.2 Å². The zero-order valence-electron chi connectivity index (χ0n) is 16.1. The number of nitrogens with one attached hydrogen (secondary N) is 1. The summed E-state index contributed by atoms with van der Waals surface area (Å²) in [6.07, 6.45) is 1.48. The van der Waals surface area contributed by atoms with Crippen molar-refractivity contribution in [3.05, 3.63) is 83.3 Å². The summed E-state index contributed by atoms with van der Waals surface area (Å²) < 4.78 is 33.5. The topological polar surface area (TPSA) is 92.5 Å². The largest absolute Gasteiger partial charge is 0.468 e. The molecule has 0 aliphatic rings. The molecule has 0 saturated heterocycles. The smallest absolute Gasteiger partial charge is 0.253 e. The van der Waals surface area contributed by atoms with Gasteiger partial charge >= 0.3 is 0 Å². The van der Waals surface area contributed by atoms with Crippen LogP contribution in [-0.2, 0) is 23.1 Å². The van der Waals surface area contributed by atoms with Gasteiger partial charge < -0.3 is 9.32 Å². The van der Waals surface area contributed by atoms with Gasteiger partial charge in [0.2, 0.25) is 10.0 Å². The number of aromatic nitrogens is 1. The minimum atomic E-state index is -3.71. The Kier molecular flexibility index (Phi) is 5.67. The van der Waals surface area contributed by atoms with Crippen molar-refractivity contribution >= 4 is 37.5 Å². The van der Waals surface area contributed by atoms with Crippen LogP contribution in [0, 0.1) is 0 Å². The van der Waals surface area contributed by atoms with E-state index in [9.17, 15) is 13.2 Å². The highest BCUT2D eigenvalue weighted by atomic mass is 32.2. The number of amides is 1. The zero-order chi connectivity index (χ0) is 21.1. The molecule has 2 aromatic carbocycles. The van der Waals surface area contributed by atoms with Crippen molar-refractivity contribution < 1.29 is 17.6 Å². The van der Waals surface area contributed by atoms with Crippen LogP contribution in [0.2, 0.25) is 0 Å². The third-order valence-electron chi connectivity index (χ3n) is 4.49. The number of nitrogens with zero attached hydrogens (tertiary/aromatic N) is 2. The molecule has 7 nitrogen and oxygen atoms in total. The van der Waals surface area contributed by atoms with Gasteiger partial charge in [0, 0.05) is 12.6 Å². The average molecular weight is 442 g/mol. The second kappa shape index (κ2) is 8.39. The van der Waals surface area contributed by atoms with Gasteiger partial charge in [0.15, 0.2) is 0 Å². The zero-order valence-corrected chi connectivity index (χ0v) is 17.7. The highest BCUT2D eigenvalue weighted by molar-refractivity contribution is 7.89. The molecule has 0 atom stereocenters. The van der Waals surface area contributed by atoms with Gasteiger partial charge in [0.25, 0.3) is 5.91 Å². The average Bonchev–Trinajstić information content (AvgIpc) is 3.41. The Morgan fingerprint density at radius 1 is 1.10 bits per heavy atom. The Hall–Kier alpha value is -3.01. The molecule has 0 bridgehead atoms. The molecular formula is C21H19N3O4S2. The molecule has 0 spiro atoms. The molecule has 4 aromatic rings. The van der Waals surface area contributed by atoms with Gasteiger partial charge in [-0.1, -0.05) is 12.1 Å². The SMILES string of the molecule is CN(Cc1nc2ccccc2s1)C(=O)c1ccc(S(=O)(=O)NCc2ccco2)cc1. The quantitative estimate of drug-likeness (QED) is 0.473. The molecule has 0 aliphatic heterocycles. The van der Waals surface area contributed by atoms with Gasteiger partial charge in [-0.05, 0) is 48.5 Å². The lowest BCUT2D eigenvalue weighted by Gasteiger charge is -2.16. The Morgan fingerprint density at radius 2 is 1.87 bits per heavy atom. The van der Waals surface area contributed by atoms with Crippen LogP contribution in [-0.4, -0.2) is 31.3 Å². The third kappa shape index (κ3) is 4.43. The lowest BCUT2D eigenvalue weighted by Crippen LogP contribution is -2.26. The highest BCUT2D eigenvalue weighted by Gasteiger charge is 2.18. The summed E-state index contributed by atoms with van der Waals surface area (Å²) in [6, 6.07) is 17.1. The first-order valence-corrected chi connectivity index (χ1v) is 11.4. The number of para-hydroxylation sites is 1. The van der Waals surface area contributed by atoms with Crippen molar-refractivity contribution in [2.24, 2.45) is 0 Å². The number of rotatable bonds is 7. The van der Waals surface area contributed by atoms with E-state index in [1.807, 2.05) is 24.3 Å². The summed E-state index contributed by atoms with van der Waals surface area (Å²) in [4.78, 5) is 18.9. The van der Waals surface area contributed by atoms with E-state index in [1.54, 1.807) is 35.4 Å². The van der Waals surface area contributed by atoms with Gasteiger partial charge in [-0.25, -0.2) is 18.1 Å². The lowest BCUT2D eigenvalue weighted by atomic mass is 10.2. The first-order chi connectivity index (χ1) is 14.4. The number of carbonyl (C=O) groups excluding carboxylic acids is 1. The van der Waals surface area contributed by atoms with Crippen LogP contribution in [0.25, 0.3) is 10.2 Å². The fourth-order valence-corrected chi connectivity index (χ4v) is 4.94. The maximum Gasteiger partial charge on any atom is 0.253 e. The maximum absolute atomic E-state index is 12.7. The molecule has 0 saturated carbocycles. The van der Waals surface area contributed by atoms with E-state index in [4.69, 9.17) is 4.42 Å². The number of furan rings is 1. The fourth-order valence-electron chi connectivity index (χ4n) is 2.92. The lowest BCUT2D eigenvalue weighted by molar-refractivity contribution is 0.0785. The number of fused-ring (bicyclic) bond motifs is 1. The number of carbonyl (C=O) groups is 1. The molecule has 0 fully saturated rings. The van der Waals surface area contributed by atoms with Crippen LogP contribution < -0.4 is 4.72 Å². The monoisotopic (exact) mass is 441 g/mol. The van der Waals surface area contributed by atoms with Gasteiger partial charge in [-0.15, -0.1) is 11.3 Å². The van der Waals surface area contributed by atoms with Crippen LogP contribution in [0.1, 0.15) is 21.1 Å². The van der Waals surface area contributed by atoms with Crippen molar-refractivity contribution in [3.8, 4) is 0 Å². The molecule has 0 aliphatic carbocycles. The summed E-state index contributed by atoms with van der Waals surface area (Å²) in [6.45, 7) is 0.434. The number of benzene rings is 2. The van der Waals surface area contributed by atoms with E-state index in [2.05, 4.69) is 9.71 Å². The molecule has 30 heavy (non-hydrogen) atoms. The Balaban J connectivity index is 1.42.